The minimum Gasteiger partial charge on any atom is -0.416 e. The average Bonchev–Trinajstić information content (AvgIpc) is 2.54. The SMILES string of the molecule is C=Cc1ccc(C(=O)Oc2ccc([N+](=O)[O-])cc2[N+](=O)[O-])cc1. The summed E-state index contributed by atoms with van der Waals surface area (Å²) in [6.45, 7) is 3.58. The van der Waals surface area contributed by atoms with Crippen LogP contribution in [-0.4, -0.2) is 15.8 Å². The van der Waals surface area contributed by atoms with Crippen molar-refractivity contribution in [1.29, 1.82) is 0 Å². The standard InChI is InChI=1S/C15H10N2O6/c1-2-10-3-5-11(6-4-10)15(18)23-14-8-7-12(16(19)20)9-13(14)17(21)22/h2-9H,1H2. The number of ether oxygens (including phenoxy) is 1. The number of nitrogens with zero attached hydrogens (tertiary/aromatic N) is 2. The molecule has 0 unspecified atom stereocenters. The lowest BCUT2D eigenvalue weighted by Crippen LogP contribution is -2.09. The fourth-order valence-corrected chi connectivity index (χ4v) is 1.76. The number of rotatable bonds is 5. The molecule has 8 heteroatoms. The quantitative estimate of drug-likeness (QED) is 0.362. The van der Waals surface area contributed by atoms with Crippen molar-refractivity contribution in [3.63, 3.8) is 0 Å². The van der Waals surface area contributed by atoms with Crippen LogP contribution < -0.4 is 4.74 Å². The van der Waals surface area contributed by atoms with Crippen molar-refractivity contribution in [3.8, 4) is 5.75 Å². The van der Waals surface area contributed by atoms with Gasteiger partial charge in [0.2, 0.25) is 5.75 Å². The molecule has 0 heterocycles. The van der Waals surface area contributed by atoms with E-state index in [9.17, 15) is 25.0 Å². The highest BCUT2D eigenvalue weighted by molar-refractivity contribution is 5.91. The number of hydrogen-bond donors (Lipinski definition) is 0. The van der Waals surface area contributed by atoms with Crippen molar-refractivity contribution in [1.82, 2.24) is 0 Å². The van der Waals surface area contributed by atoms with Gasteiger partial charge in [0.05, 0.1) is 21.5 Å². The molecule has 0 aromatic heterocycles. The molecule has 0 spiro atoms. The minimum absolute atomic E-state index is 0.184. The number of non-ortho nitro benzene ring substituents is 1. The van der Waals surface area contributed by atoms with Gasteiger partial charge in [-0.25, -0.2) is 4.79 Å². The Morgan fingerprint density at radius 1 is 1.04 bits per heavy atom. The van der Waals surface area contributed by atoms with Gasteiger partial charge < -0.3 is 4.74 Å². The van der Waals surface area contributed by atoms with Crippen molar-refractivity contribution < 1.29 is 19.4 Å². The van der Waals surface area contributed by atoms with Gasteiger partial charge in [0, 0.05) is 6.07 Å². The van der Waals surface area contributed by atoms with E-state index in [2.05, 4.69) is 6.58 Å². The Kier molecular flexibility index (Phi) is 4.46. The first-order chi connectivity index (χ1) is 10.9. The number of carbonyl (C=O) groups excluding carboxylic acids is 1. The van der Waals surface area contributed by atoms with Crippen LogP contribution in [0.25, 0.3) is 6.08 Å². The summed E-state index contributed by atoms with van der Waals surface area (Å²) in [4.78, 5) is 32.0. The summed E-state index contributed by atoms with van der Waals surface area (Å²) >= 11 is 0. The third kappa shape index (κ3) is 3.56. The molecule has 0 N–H and O–H groups in total. The van der Waals surface area contributed by atoms with E-state index in [0.29, 0.717) is 0 Å². The molecule has 0 saturated carbocycles. The molecule has 23 heavy (non-hydrogen) atoms. The monoisotopic (exact) mass is 314 g/mol. The van der Waals surface area contributed by atoms with Crippen LogP contribution in [0.15, 0.2) is 49.0 Å². The molecule has 0 atom stereocenters. The predicted octanol–water partition coefficient (Wildman–Crippen LogP) is 3.37. The Bertz CT molecular complexity index is 798. The summed E-state index contributed by atoms with van der Waals surface area (Å²) in [6, 6.07) is 9.01. The zero-order valence-corrected chi connectivity index (χ0v) is 11.7. The molecule has 0 aliphatic carbocycles. The third-order valence-electron chi connectivity index (χ3n) is 2.93. The second-order valence-corrected chi connectivity index (χ2v) is 4.38. The summed E-state index contributed by atoms with van der Waals surface area (Å²) in [6.07, 6.45) is 1.59. The lowest BCUT2D eigenvalue weighted by atomic mass is 10.1. The molecular weight excluding hydrogens is 304 g/mol. The molecule has 2 rings (SSSR count). The van der Waals surface area contributed by atoms with Gasteiger partial charge in [-0.05, 0) is 23.8 Å². The van der Waals surface area contributed by atoms with E-state index in [1.54, 1.807) is 18.2 Å². The summed E-state index contributed by atoms with van der Waals surface area (Å²) < 4.78 is 4.97. The first kappa shape index (κ1) is 15.8. The van der Waals surface area contributed by atoms with Gasteiger partial charge in [0.25, 0.3) is 5.69 Å². The van der Waals surface area contributed by atoms with E-state index >= 15 is 0 Å². The molecule has 0 aliphatic rings. The van der Waals surface area contributed by atoms with E-state index in [1.165, 1.54) is 12.1 Å². The van der Waals surface area contributed by atoms with E-state index in [0.717, 1.165) is 23.8 Å². The van der Waals surface area contributed by atoms with E-state index in [-0.39, 0.29) is 11.3 Å². The molecule has 0 saturated heterocycles. The minimum atomic E-state index is -0.851. The lowest BCUT2D eigenvalue weighted by molar-refractivity contribution is -0.394. The van der Waals surface area contributed by atoms with Crippen LogP contribution in [0.3, 0.4) is 0 Å². The summed E-state index contributed by atoms with van der Waals surface area (Å²) in [7, 11) is 0. The van der Waals surface area contributed by atoms with Crippen molar-refractivity contribution in [2.24, 2.45) is 0 Å². The summed E-state index contributed by atoms with van der Waals surface area (Å²) in [5.74, 6) is -1.17. The third-order valence-corrected chi connectivity index (χ3v) is 2.93. The van der Waals surface area contributed by atoms with Gasteiger partial charge >= 0.3 is 11.7 Å². The molecule has 0 amide bonds. The van der Waals surface area contributed by atoms with Crippen LogP contribution >= 0.6 is 0 Å². The molecule has 116 valence electrons. The number of benzene rings is 2. The normalized spacial score (nSPS) is 9.91. The Labute approximate surface area is 129 Å². The largest absolute Gasteiger partial charge is 0.416 e. The van der Waals surface area contributed by atoms with Crippen LogP contribution in [0.5, 0.6) is 5.75 Å². The molecule has 0 aliphatic heterocycles. The second kappa shape index (κ2) is 6.48. The van der Waals surface area contributed by atoms with Crippen molar-refractivity contribution in [2.75, 3.05) is 0 Å². The highest BCUT2D eigenvalue weighted by Gasteiger charge is 2.23. The zero-order valence-electron chi connectivity index (χ0n) is 11.7. The molecule has 0 bridgehead atoms. The number of nitro benzene ring substituents is 2. The highest BCUT2D eigenvalue weighted by Crippen LogP contribution is 2.31. The van der Waals surface area contributed by atoms with Crippen molar-refractivity contribution in [3.05, 3.63) is 80.4 Å². The molecule has 0 radical (unpaired) electrons. The summed E-state index contributed by atoms with van der Waals surface area (Å²) in [5, 5.41) is 21.6. The van der Waals surface area contributed by atoms with Gasteiger partial charge in [-0.3, -0.25) is 20.2 Å². The first-order valence-corrected chi connectivity index (χ1v) is 6.30. The van der Waals surface area contributed by atoms with E-state index < -0.39 is 27.2 Å². The molecule has 8 nitrogen and oxygen atoms in total. The van der Waals surface area contributed by atoms with E-state index in [4.69, 9.17) is 4.74 Å². The zero-order chi connectivity index (χ0) is 17.0. The Balaban J connectivity index is 2.30. The smallest absolute Gasteiger partial charge is 0.343 e. The topological polar surface area (TPSA) is 113 Å². The number of esters is 1. The van der Waals surface area contributed by atoms with Crippen LogP contribution in [0.4, 0.5) is 11.4 Å². The van der Waals surface area contributed by atoms with Gasteiger partial charge in [0.15, 0.2) is 0 Å². The second-order valence-electron chi connectivity index (χ2n) is 4.38. The maximum atomic E-state index is 12.0. The van der Waals surface area contributed by atoms with Gasteiger partial charge in [0.1, 0.15) is 0 Å². The fraction of sp³-hybridized carbons (Fsp3) is 0. The molecule has 0 fully saturated rings. The van der Waals surface area contributed by atoms with Crippen LogP contribution in [-0.2, 0) is 0 Å². The maximum Gasteiger partial charge on any atom is 0.343 e. The summed E-state index contributed by atoms with van der Waals surface area (Å²) in [5.41, 5.74) is -0.145. The van der Waals surface area contributed by atoms with Crippen molar-refractivity contribution in [2.45, 2.75) is 0 Å². The Hall–Kier alpha value is -3.55. The number of carbonyl (C=O) groups is 1. The Morgan fingerprint density at radius 2 is 1.70 bits per heavy atom. The predicted molar refractivity (Wildman–Crippen MR) is 81.2 cm³/mol. The molecule has 2 aromatic rings. The van der Waals surface area contributed by atoms with E-state index in [1.807, 2.05) is 0 Å². The first-order valence-electron chi connectivity index (χ1n) is 6.30. The van der Waals surface area contributed by atoms with Crippen molar-refractivity contribution >= 4 is 23.4 Å². The van der Waals surface area contributed by atoms with Crippen LogP contribution in [0.2, 0.25) is 0 Å². The molecular formula is C15H10N2O6. The van der Waals surface area contributed by atoms with Crippen LogP contribution in [0.1, 0.15) is 15.9 Å². The number of hydrogen-bond acceptors (Lipinski definition) is 6. The Morgan fingerprint density at radius 3 is 2.22 bits per heavy atom. The molecule has 2 aromatic carbocycles. The highest BCUT2D eigenvalue weighted by atomic mass is 16.6. The van der Waals surface area contributed by atoms with Gasteiger partial charge in [-0.2, -0.15) is 0 Å². The van der Waals surface area contributed by atoms with Gasteiger partial charge in [-0.15, -0.1) is 0 Å². The average molecular weight is 314 g/mol. The number of nitro groups is 2. The van der Waals surface area contributed by atoms with Gasteiger partial charge in [-0.1, -0.05) is 24.8 Å². The maximum absolute atomic E-state index is 12.0. The lowest BCUT2D eigenvalue weighted by Gasteiger charge is -2.05. The fourth-order valence-electron chi connectivity index (χ4n) is 1.76. The van der Waals surface area contributed by atoms with Crippen LogP contribution in [0, 0.1) is 20.2 Å².